The van der Waals surface area contributed by atoms with E-state index in [9.17, 15) is 27.6 Å². The van der Waals surface area contributed by atoms with Crippen molar-refractivity contribution in [2.45, 2.75) is 109 Å². The lowest BCUT2D eigenvalue weighted by Crippen LogP contribution is -2.48. The Hall–Kier alpha value is -4.85. The van der Waals surface area contributed by atoms with Crippen LogP contribution in [0.25, 0.3) is 10.8 Å². The van der Waals surface area contributed by atoms with Gasteiger partial charge in [-0.2, -0.15) is 0 Å². The normalized spacial score (nSPS) is 28.7. The first-order valence-electron chi connectivity index (χ1n) is 21.0. The number of allylic oxidation sites excluding steroid dienone is 2. The van der Waals surface area contributed by atoms with E-state index in [1.165, 1.54) is 9.58 Å². The zero-order valence-corrected chi connectivity index (χ0v) is 35.8. The summed E-state index contributed by atoms with van der Waals surface area (Å²) in [5.74, 6) is -2.51. The highest BCUT2D eigenvalue weighted by atomic mass is 32.2. The second kappa shape index (κ2) is 16.3. The number of benzene rings is 2. The highest BCUT2D eigenvalue weighted by Gasteiger charge is 2.62. The number of amides is 2. The van der Waals surface area contributed by atoms with Crippen LogP contribution in [-0.2, 0) is 31.0 Å². The highest BCUT2D eigenvalue weighted by molar-refractivity contribution is 7.91. The lowest BCUT2D eigenvalue weighted by atomic mass is 9.80. The third kappa shape index (κ3) is 8.47. The molecule has 3 fully saturated rings. The average molecular weight is 828 g/mol. The lowest BCUT2D eigenvalue weighted by molar-refractivity contribution is -0.143. The smallest absolute Gasteiger partial charge is 0.274 e. The molecule has 0 unspecified atom stereocenters. The first kappa shape index (κ1) is 42.3. The number of carbonyl (C=O) groups excluding carboxylic acids is 4. The van der Waals surface area contributed by atoms with Crippen molar-refractivity contribution in [1.29, 1.82) is 0 Å². The Morgan fingerprint density at radius 3 is 2.36 bits per heavy atom. The molecule has 14 heteroatoms. The molecule has 0 bridgehead atoms. The molecule has 2 amide bonds. The van der Waals surface area contributed by atoms with Crippen molar-refractivity contribution in [3.8, 4) is 5.88 Å². The van der Waals surface area contributed by atoms with Crippen molar-refractivity contribution in [2.24, 2.45) is 29.1 Å². The van der Waals surface area contributed by atoms with Gasteiger partial charge in [0.1, 0.15) is 6.10 Å². The van der Waals surface area contributed by atoms with E-state index in [1.807, 2.05) is 50.2 Å². The van der Waals surface area contributed by atoms with Gasteiger partial charge < -0.3 is 14.5 Å². The molecule has 2 aromatic carbocycles. The van der Waals surface area contributed by atoms with Crippen molar-refractivity contribution in [2.75, 3.05) is 25.5 Å². The van der Waals surface area contributed by atoms with Gasteiger partial charge in [-0.25, -0.2) is 13.1 Å². The van der Waals surface area contributed by atoms with Gasteiger partial charge in [0.15, 0.2) is 11.6 Å². The van der Waals surface area contributed by atoms with Gasteiger partial charge in [0.25, 0.3) is 5.56 Å². The van der Waals surface area contributed by atoms with E-state index in [2.05, 4.69) is 16.7 Å². The Morgan fingerprint density at radius 1 is 1.00 bits per heavy atom. The Morgan fingerprint density at radius 2 is 1.69 bits per heavy atom. The Kier molecular flexibility index (Phi) is 11.7. The van der Waals surface area contributed by atoms with Crippen LogP contribution >= 0.6 is 0 Å². The average Bonchev–Trinajstić information content (AvgIpc) is 4.09. The fourth-order valence-electron chi connectivity index (χ4n) is 9.01. The molecule has 7 atom stereocenters. The molecule has 7 rings (SSSR count). The predicted octanol–water partition coefficient (Wildman–Crippen LogP) is 5.70. The fraction of sp³-hybridized carbons (Fsp3) is 0.556. The molecular formula is C45H57N5O8S. The van der Waals surface area contributed by atoms with E-state index < -0.39 is 44.2 Å². The summed E-state index contributed by atoms with van der Waals surface area (Å²) >= 11 is 0. The van der Waals surface area contributed by atoms with Crippen molar-refractivity contribution < 1.29 is 32.3 Å². The Labute approximate surface area is 346 Å². The number of sulfonamides is 1. The third-order valence-electron chi connectivity index (χ3n) is 13.3. The van der Waals surface area contributed by atoms with Crippen LogP contribution in [0.5, 0.6) is 5.88 Å². The quantitative estimate of drug-likeness (QED) is 0.198. The molecule has 1 saturated heterocycles. The second-order valence-electron chi connectivity index (χ2n) is 17.9. The van der Waals surface area contributed by atoms with Gasteiger partial charge >= 0.3 is 0 Å². The molecule has 1 aromatic heterocycles. The number of aryl methyl sites for hydroxylation is 1. The summed E-state index contributed by atoms with van der Waals surface area (Å²) in [7, 11) is -0.135. The molecule has 0 spiro atoms. The minimum atomic E-state index is -3.97. The summed E-state index contributed by atoms with van der Waals surface area (Å²) in [5, 5.41) is 5.46. The summed E-state index contributed by atoms with van der Waals surface area (Å²) < 4.78 is 35.8. The van der Waals surface area contributed by atoms with Gasteiger partial charge in [-0.15, -0.1) is 5.10 Å². The van der Waals surface area contributed by atoms with E-state index >= 15 is 4.79 Å². The van der Waals surface area contributed by atoms with Crippen LogP contribution in [0.3, 0.4) is 0 Å². The van der Waals surface area contributed by atoms with Gasteiger partial charge in [0, 0.05) is 57.1 Å². The number of fused-ring (bicyclic) bond motifs is 3. The minimum Gasteiger partial charge on any atom is -0.471 e. The van der Waals surface area contributed by atoms with Crippen molar-refractivity contribution >= 4 is 49.9 Å². The van der Waals surface area contributed by atoms with Gasteiger partial charge in [-0.05, 0) is 107 Å². The van der Waals surface area contributed by atoms with Crippen molar-refractivity contribution in [3.05, 3.63) is 76.6 Å². The number of carbonyl (C=O) groups is 4. The first-order valence-corrected chi connectivity index (χ1v) is 22.5. The SMILES string of the molecule is CCn1nc(O[C@@H]2C[C@H]3C(=O)C[C@]4(C(=O)NS(=O)(=O)C5(C)CC5)C[C@H]4/C=C\CC[C@@H](C)C[C@@H](C)[C@H](CC(=O)c4ccc(N(C)C)cc4)C(=O)N3C2)c2ccccc2c1=O. The number of nitrogens with one attached hydrogen (secondary N) is 1. The maximum absolute atomic E-state index is 15.1. The van der Waals surface area contributed by atoms with Gasteiger partial charge in [0.05, 0.1) is 33.5 Å². The van der Waals surface area contributed by atoms with Crippen molar-refractivity contribution in [1.82, 2.24) is 19.4 Å². The molecule has 316 valence electrons. The van der Waals surface area contributed by atoms with E-state index in [1.54, 1.807) is 50.2 Å². The molecule has 3 heterocycles. The molecule has 4 aliphatic rings. The molecule has 2 aliphatic carbocycles. The number of rotatable bonds is 10. The summed E-state index contributed by atoms with van der Waals surface area (Å²) in [5.41, 5.74) is -0.123. The van der Waals surface area contributed by atoms with Crippen molar-refractivity contribution in [3.63, 3.8) is 0 Å². The van der Waals surface area contributed by atoms with Crippen LogP contribution in [0.15, 0.2) is 65.5 Å². The lowest BCUT2D eigenvalue weighted by Gasteiger charge is -2.32. The van der Waals surface area contributed by atoms with Crippen LogP contribution in [-0.4, -0.2) is 84.0 Å². The van der Waals surface area contributed by atoms with Gasteiger partial charge in [-0.1, -0.05) is 38.1 Å². The molecule has 0 radical (unpaired) electrons. The molecule has 2 aliphatic heterocycles. The Bertz CT molecular complexity index is 2340. The molecule has 3 aromatic rings. The number of aromatic nitrogens is 2. The van der Waals surface area contributed by atoms with E-state index in [0.29, 0.717) is 55.0 Å². The molecule has 13 nitrogen and oxygen atoms in total. The summed E-state index contributed by atoms with van der Waals surface area (Å²) in [6.07, 6.45) is 6.40. The zero-order chi connectivity index (χ0) is 42.4. The largest absolute Gasteiger partial charge is 0.471 e. The molecular weight excluding hydrogens is 771 g/mol. The van der Waals surface area contributed by atoms with Crippen LogP contribution < -0.4 is 19.9 Å². The maximum Gasteiger partial charge on any atom is 0.274 e. The van der Waals surface area contributed by atoms with Crippen LogP contribution in [0.2, 0.25) is 0 Å². The number of ether oxygens (including phenoxy) is 1. The van der Waals surface area contributed by atoms with Gasteiger partial charge in [-0.3, -0.25) is 28.7 Å². The van der Waals surface area contributed by atoms with Gasteiger partial charge in [0.2, 0.25) is 27.7 Å². The maximum atomic E-state index is 15.1. The number of ketones is 2. The minimum absolute atomic E-state index is 0.0102. The summed E-state index contributed by atoms with van der Waals surface area (Å²) in [4.78, 5) is 74.6. The van der Waals surface area contributed by atoms with Crippen LogP contribution in [0.1, 0.15) is 95.8 Å². The topological polar surface area (TPSA) is 165 Å². The number of nitrogens with zero attached hydrogens (tertiary/aromatic N) is 4. The Balaban J connectivity index is 1.25. The summed E-state index contributed by atoms with van der Waals surface area (Å²) in [6, 6.07) is 13.3. The predicted molar refractivity (Wildman–Crippen MR) is 226 cm³/mol. The number of anilines is 1. The molecule has 1 N–H and O–H groups in total. The first-order chi connectivity index (χ1) is 28.0. The van der Waals surface area contributed by atoms with E-state index in [0.717, 1.165) is 12.1 Å². The van der Waals surface area contributed by atoms with E-state index in [-0.39, 0.29) is 72.5 Å². The standard InChI is InChI=1S/C45H57N5O8S/c1-7-50-42(54)35-15-11-10-14-34(35)40(46-50)58-33-23-37-39(52)26-45(43(55)47-59(56,57)44(4)20-21-44)25-31(45)13-9-8-12-28(2)22-29(3)36(41(53)49(37)27-33)24-38(51)30-16-18-32(19-17-30)48(5)6/h9-11,13-19,28-29,31,33,36-37H,7-8,12,20-27H2,1-6H3,(H,47,55)/b13-9-/t28-,29-,31-,33-,36+,37+,45-/m1/s1. The number of Topliss-reactive ketones (excluding diaryl/α,β-unsaturated/α-hetero) is 2. The fourth-order valence-corrected chi connectivity index (χ4v) is 10.3. The van der Waals surface area contributed by atoms with E-state index in [4.69, 9.17) is 4.74 Å². The number of hydrogen-bond donors (Lipinski definition) is 1. The molecule has 59 heavy (non-hydrogen) atoms. The summed E-state index contributed by atoms with van der Waals surface area (Å²) in [6.45, 7) is 7.85. The monoisotopic (exact) mass is 827 g/mol. The highest BCUT2D eigenvalue weighted by Crippen LogP contribution is 2.57. The number of hydrogen-bond acceptors (Lipinski definition) is 10. The second-order valence-corrected chi connectivity index (χ2v) is 20.1. The van der Waals surface area contributed by atoms with Crippen LogP contribution in [0, 0.1) is 29.1 Å². The molecule has 2 saturated carbocycles. The third-order valence-corrected chi connectivity index (χ3v) is 15.5. The zero-order valence-electron chi connectivity index (χ0n) is 35.0. The van der Waals surface area contributed by atoms with Crippen LogP contribution in [0.4, 0.5) is 5.69 Å².